The predicted octanol–water partition coefficient (Wildman–Crippen LogP) is 2.16. The van der Waals surface area contributed by atoms with Gasteiger partial charge in [0.1, 0.15) is 0 Å². The lowest BCUT2D eigenvalue weighted by molar-refractivity contribution is 0.491. The molecule has 0 bridgehead atoms. The van der Waals surface area contributed by atoms with Gasteiger partial charge in [0.25, 0.3) is 0 Å². The first-order valence-corrected chi connectivity index (χ1v) is 6.36. The first-order chi connectivity index (χ1) is 6.11. The fraction of sp³-hybridized carbons (Fsp3) is 0.400. The van der Waals surface area contributed by atoms with Crippen molar-refractivity contribution in [3.05, 3.63) is 29.8 Å². The van der Waals surface area contributed by atoms with Crippen LogP contribution >= 0.6 is 7.37 Å². The maximum atomic E-state index is 11.7. The van der Waals surface area contributed by atoms with E-state index in [0.29, 0.717) is 11.5 Å². The van der Waals surface area contributed by atoms with Crippen molar-refractivity contribution < 1.29 is 9.46 Å². The second-order valence-electron chi connectivity index (χ2n) is 3.00. The molecule has 0 amide bonds. The van der Waals surface area contributed by atoms with Gasteiger partial charge in [0.05, 0.1) is 0 Å². The molecule has 0 fully saturated rings. The predicted molar refractivity (Wildman–Crippen MR) is 55.8 cm³/mol. The highest BCUT2D eigenvalue weighted by Crippen LogP contribution is 2.39. The summed E-state index contributed by atoms with van der Waals surface area (Å²) in [6.45, 7) is 3.74. The largest absolute Gasteiger partial charge is 0.341 e. The minimum atomic E-state index is -3.08. The van der Waals surface area contributed by atoms with Crippen LogP contribution in [0.1, 0.15) is 19.4 Å². The molecule has 3 heteroatoms. The number of rotatable bonds is 3. The molecule has 0 heterocycles. The molecule has 1 aromatic carbocycles. The van der Waals surface area contributed by atoms with Crippen LogP contribution in [0.25, 0.3) is 0 Å². The van der Waals surface area contributed by atoms with Crippen molar-refractivity contribution in [1.29, 1.82) is 0 Å². The van der Waals surface area contributed by atoms with Crippen LogP contribution in [0.3, 0.4) is 0 Å². The van der Waals surface area contributed by atoms with Crippen LogP contribution in [0.4, 0.5) is 0 Å². The van der Waals surface area contributed by atoms with E-state index in [9.17, 15) is 9.46 Å². The van der Waals surface area contributed by atoms with Crippen molar-refractivity contribution in [2.24, 2.45) is 0 Å². The lowest BCUT2D eigenvalue weighted by atomic mass is 10.2. The highest BCUT2D eigenvalue weighted by molar-refractivity contribution is 7.66. The Morgan fingerprint density at radius 2 is 1.92 bits per heavy atom. The van der Waals surface area contributed by atoms with Gasteiger partial charge in [-0.25, -0.2) is 0 Å². The molecule has 13 heavy (non-hydrogen) atoms. The molecule has 1 unspecified atom stereocenters. The Bertz CT molecular complexity index is 333. The van der Waals surface area contributed by atoms with E-state index in [-0.39, 0.29) is 0 Å². The first kappa shape index (κ1) is 10.5. The maximum absolute atomic E-state index is 11.7. The van der Waals surface area contributed by atoms with E-state index in [4.69, 9.17) is 0 Å². The first-order valence-electron chi connectivity index (χ1n) is 4.52. The molecule has 0 aliphatic heterocycles. The molecule has 2 nitrogen and oxygen atoms in total. The molecule has 72 valence electrons. The van der Waals surface area contributed by atoms with Crippen molar-refractivity contribution in [2.75, 3.05) is 6.16 Å². The van der Waals surface area contributed by atoms with Gasteiger partial charge in [0.15, 0.2) is 0 Å². The standard InChI is InChI=1S/C10H15O2P/c1-3-9-7-5-6-8-10(9)13(11,12)4-2/h5-8H,3-4H2,1-2H3,(H,11,12). The van der Waals surface area contributed by atoms with Crippen molar-refractivity contribution in [3.8, 4) is 0 Å². The smallest absolute Gasteiger partial charge is 0.229 e. The molecule has 0 saturated heterocycles. The van der Waals surface area contributed by atoms with Crippen molar-refractivity contribution in [2.45, 2.75) is 20.3 Å². The lowest BCUT2D eigenvalue weighted by Crippen LogP contribution is -2.11. The summed E-state index contributed by atoms with van der Waals surface area (Å²) in [4.78, 5) is 9.66. The highest BCUT2D eigenvalue weighted by Gasteiger charge is 2.20. The third-order valence-electron chi connectivity index (χ3n) is 2.18. The zero-order chi connectivity index (χ0) is 9.90. The molecule has 1 aromatic rings. The van der Waals surface area contributed by atoms with E-state index in [1.807, 2.05) is 25.1 Å². The third kappa shape index (κ3) is 2.20. The average Bonchev–Trinajstić information content (AvgIpc) is 2.18. The summed E-state index contributed by atoms with van der Waals surface area (Å²) >= 11 is 0. The quantitative estimate of drug-likeness (QED) is 0.756. The summed E-state index contributed by atoms with van der Waals surface area (Å²) in [6.07, 6.45) is 1.12. The zero-order valence-electron chi connectivity index (χ0n) is 8.03. The summed E-state index contributed by atoms with van der Waals surface area (Å²) in [5.41, 5.74) is 0.982. The normalized spacial score (nSPS) is 15.3. The van der Waals surface area contributed by atoms with E-state index in [0.717, 1.165) is 12.0 Å². The van der Waals surface area contributed by atoms with Crippen LogP contribution in [-0.2, 0) is 11.0 Å². The van der Waals surface area contributed by atoms with Gasteiger partial charge in [-0.2, -0.15) is 0 Å². The van der Waals surface area contributed by atoms with Crippen LogP contribution in [0.2, 0.25) is 0 Å². The molecule has 1 atom stereocenters. The van der Waals surface area contributed by atoms with Gasteiger partial charge in [-0.3, -0.25) is 4.57 Å². The molecule has 0 saturated carbocycles. The minimum Gasteiger partial charge on any atom is -0.341 e. The Hall–Kier alpha value is -0.590. The Labute approximate surface area is 79.1 Å². The van der Waals surface area contributed by atoms with E-state index in [1.54, 1.807) is 13.0 Å². The third-order valence-corrected chi connectivity index (χ3v) is 4.22. The molecule has 0 aliphatic carbocycles. The number of benzene rings is 1. The van der Waals surface area contributed by atoms with Gasteiger partial charge in [-0.1, -0.05) is 32.0 Å². The van der Waals surface area contributed by atoms with Crippen LogP contribution in [0, 0.1) is 0 Å². The summed E-state index contributed by atoms with van der Waals surface area (Å²) in [5, 5.41) is 0.625. The zero-order valence-corrected chi connectivity index (χ0v) is 8.92. The number of hydrogen-bond acceptors (Lipinski definition) is 1. The highest BCUT2D eigenvalue weighted by atomic mass is 31.2. The van der Waals surface area contributed by atoms with E-state index < -0.39 is 7.37 Å². The second-order valence-corrected chi connectivity index (χ2v) is 5.52. The number of aryl methyl sites for hydroxylation is 1. The fourth-order valence-electron chi connectivity index (χ4n) is 1.32. The molecule has 1 rings (SSSR count). The monoisotopic (exact) mass is 198 g/mol. The summed E-state index contributed by atoms with van der Waals surface area (Å²) in [6, 6.07) is 7.38. The Balaban J connectivity index is 3.21. The van der Waals surface area contributed by atoms with E-state index in [1.165, 1.54) is 0 Å². The Morgan fingerprint density at radius 3 is 2.46 bits per heavy atom. The second kappa shape index (κ2) is 4.08. The van der Waals surface area contributed by atoms with Crippen molar-refractivity contribution >= 4 is 12.7 Å². The van der Waals surface area contributed by atoms with Gasteiger partial charge < -0.3 is 4.89 Å². The van der Waals surface area contributed by atoms with Crippen LogP contribution < -0.4 is 5.30 Å². The molecular weight excluding hydrogens is 183 g/mol. The van der Waals surface area contributed by atoms with E-state index in [2.05, 4.69) is 0 Å². The molecule has 0 radical (unpaired) electrons. The van der Waals surface area contributed by atoms with Crippen LogP contribution in [0.15, 0.2) is 24.3 Å². The molecule has 0 aromatic heterocycles. The van der Waals surface area contributed by atoms with Gasteiger partial charge in [-0.15, -0.1) is 0 Å². The Morgan fingerprint density at radius 1 is 1.31 bits per heavy atom. The van der Waals surface area contributed by atoms with Gasteiger partial charge >= 0.3 is 0 Å². The maximum Gasteiger partial charge on any atom is 0.229 e. The van der Waals surface area contributed by atoms with Gasteiger partial charge in [0, 0.05) is 11.5 Å². The molecule has 0 aliphatic rings. The average molecular weight is 198 g/mol. The summed E-state index contributed by atoms with van der Waals surface area (Å²) in [5.74, 6) is 0. The van der Waals surface area contributed by atoms with Crippen LogP contribution in [0.5, 0.6) is 0 Å². The van der Waals surface area contributed by atoms with Crippen molar-refractivity contribution in [1.82, 2.24) is 0 Å². The van der Waals surface area contributed by atoms with Crippen LogP contribution in [-0.4, -0.2) is 11.1 Å². The molecule has 0 spiro atoms. The molecule has 1 N–H and O–H groups in total. The topological polar surface area (TPSA) is 37.3 Å². The minimum absolute atomic E-state index is 0.310. The van der Waals surface area contributed by atoms with Crippen molar-refractivity contribution in [3.63, 3.8) is 0 Å². The summed E-state index contributed by atoms with van der Waals surface area (Å²) in [7, 11) is -3.08. The summed E-state index contributed by atoms with van der Waals surface area (Å²) < 4.78 is 11.7. The molecular formula is C10H15O2P. The fourth-order valence-corrected chi connectivity index (χ4v) is 2.66. The number of hydrogen-bond donors (Lipinski definition) is 1. The Kier molecular flexibility index (Phi) is 3.29. The SMILES string of the molecule is CCc1ccccc1P(=O)(O)CC. The lowest BCUT2D eigenvalue weighted by Gasteiger charge is -2.12. The van der Waals surface area contributed by atoms with Gasteiger partial charge in [0.2, 0.25) is 7.37 Å². The van der Waals surface area contributed by atoms with E-state index >= 15 is 0 Å². The van der Waals surface area contributed by atoms with Gasteiger partial charge in [-0.05, 0) is 18.1 Å².